The molecule has 4 heteroatoms. The van der Waals surface area contributed by atoms with Crippen LogP contribution in [0.15, 0.2) is 64.9 Å². The van der Waals surface area contributed by atoms with Crippen LogP contribution in [0.2, 0.25) is 0 Å². The van der Waals surface area contributed by atoms with Gasteiger partial charge in [0.25, 0.3) is 0 Å². The van der Waals surface area contributed by atoms with E-state index >= 15 is 0 Å². The lowest BCUT2D eigenvalue weighted by Gasteiger charge is -2.05. The molecule has 0 unspecified atom stereocenters. The first kappa shape index (κ1) is 16.7. The van der Waals surface area contributed by atoms with Crippen LogP contribution in [0.25, 0.3) is 0 Å². The Labute approximate surface area is 137 Å². The molecule has 0 saturated heterocycles. The Morgan fingerprint density at radius 1 is 0.870 bits per heavy atom. The largest absolute Gasteiger partial charge is 0.399 e. The summed E-state index contributed by atoms with van der Waals surface area (Å²) >= 11 is 0. The highest BCUT2D eigenvalue weighted by Gasteiger charge is 2.00. The molecule has 0 amide bonds. The molecule has 0 N–H and O–H groups in total. The van der Waals surface area contributed by atoms with Crippen molar-refractivity contribution < 1.29 is 9.68 Å². The van der Waals surface area contributed by atoms with E-state index in [0.717, 1.165) is 29.0 Å². The van der Waals surface area contributed by atoms with Gasteiger partial charge in [-0.3, -0.25) is 0 Å². The first-order valence-electron chi connectivity index (χ1n) is 7.55. The van der Waals surface area contributed by atoms with Crippen molar-refractivity contribution in [1.82, 2.24) is 0 Å². The Hall–Kier alpha value is -2.62. The molecular weight excluding hydrogens is 288 g/mol. The zero-order chi connectivity index (χ0) is 16.5. The molecule has 0 heterocycles. The summed E-state index contributed by atoms with van der Waals surface area (Å²) in [6, 6.07) is 18.2. The second-order valence-corrected chi connectivity index (χ2v) is 5.32. The fraction of sp³-hybridized carbons (Fsp3) is 0.263. The second kappa shape index (κ2) is 8.73. The monoisotopic (exact) mass is 310 g/mol. The summed E-state index contributed by atoms with van der Waals surface area (Å²) < 4.78 is 0. The molecule has 2 aromatic carbocycles. The summed E-state index contributed by atoms with van der Waals surface area (Å²) in [5, 5.41) is 8.08. The van der Waals surface area contributed by atoms with Crippen molar-refractivity contribution in [3.63, 3.8) is 0 Å². The van der Waals surface area contributed by atoms with E-state index in [1.807, 2.05) is 56.3 Å². The van der Waals surface area contributed by atoms with Crippen LogP contribution in [0.4, 0.5) is 0 Å². The molecular formula is C19H22N2O2. The third kappa shape index (κ3) is 5.58. The van der Waals surface area contributed by atoms with E-state index in [4.69, 9.17) is 9.68 Å². The molecule has 0 radical (unpaired) electrons. The average molecular weight is 310 g/mol. The van der Waals surface area contributed by atoms with Crippen molar-refractivity contribution >= 4 is 11.4 Å². The zero-order valence-corrected chi connectivity index (χ0v) is 13.8. The van der Waals surface area contributed by atoms with E-state index in [1.165, 1.54) is 5.56 Å². The van der Waals surface area contributed by atoms with Crippen LogP contribution in [-0.4, -0.2) is 18.5 Å². The molecule has 120 valence electrons. The van der Waals surface area contributed by atoms with Crippen LogP contribution in [0, 0.1) is 0 Å². The van der Waals surface area contributed by atoms with E-state index in [9.17, 15) is 0 Å². The van der Waals surface area contributed by atoms with Crippen molar-refractivity contribution in [2.75, 3.05) is 7.11 Å². The third-order valence-corrected chi connectivity index (χ3v) is 3.35. The van der Waals surface area contributed by atoms with Gasteiger partial charge in [-0.2, -0.15) is 0 Å². The summed E-state index contributed by atoms with van der Waals surface area (Å²) in [4.78, 5) is 10.2. The van der Waals surface area contributed by atoms with Gasteiger partial charge in [0.1, 0.15) is 13.7 Å². The highest BCUT2D eigenvalue weighted by molar-refractivity contribution is 5.98. The summed E-state index contributed by atoms with van der Waals surface area (Å²) in [5.41, 5.74) is 5.15. The lowest BCUT2D eigenvalue weighted by Crippen LogP contribution is -1.99. The van der Waals surface area contributed by atoms with Gasteiger partial charge in [-0.05, 0) is 30.5 Å². The van der Waals surface area contributed by atoms with Crippen molar-refractivity contribution in [3.05, 3.63) is 71.3 Å². The fourth-order valence-corrected chi connectivity index (χ4v) is 2.17. The maximum Gasteiger partial charge on any atom is 0.142 e. The lowest BCUT2D eigenvalue weighted by molar-refractivity contribution is 0.130. The van der Waals surface area contributed by atoms with Crippen LogP contribution in [0.3, 0.4) is 0 Å². The zero-order valence-electron chi connectivity index (χ0n) is 13.8. The van der Waals surface area contributed by atoms with Crippen molar-refractivity contribution in [2.45, 2.75) is 26.9 Å². The first-order valence-corrected chi connectivity index (χ1v) is 7.55. The minimum absolute atomic E-state index is 0.454. The summed E-state index contributed by atoms with van der Waals surface area (Å²) in [5.74, 6) is 0. The average Bonchev–Trinajstić information content (AvgIpc) is 2.57. The number of benzene rings is 2. The minimum Gasteiger partial charge on any atom is -0.399 e. The topological polar surface area (TPSA) is 43.2 Å². The molecule has 0 spiro atoms. The van der Waals surface area contributed by atoms with E-state index in [1.54, 1.807) is 7.11 Å². The molecule has 0 aliphatic carbocycles. The molecule has 0 fully saturated rings. The maximum absolute atomic E-state index is 5.44. The molecule has 2 rings (SSSR count). The van der Waals surface area contributed by atoms with Crippen LogP contribution in [-0.2, 0) is 22.7 Å². The lowest BCUT2D eigenvalue weighted by atomic mass is 10.1. The van der Waals surface area contributed by atoms with Gasteiger partial charge in [0, 0.05) is 6.42 Å². The van der Waals surface area contributed by atoms with Crippen LogP contribution in [0.5, 0.6) is 0 Å². The van der Waals surface area contributed by atoms with Gasteiger partial charge in [-0.25, -0.2) is 0 Å². The standard InChI is InChI=1S/C19H22N2O2/c1-15(20-22-3)13-17-9-11-18(12-10-17)14-23-21-16(2)19-7-5-4-6-8-19/h4-12H,13-14H2,1-3H3/b20-15-,21-16-. The van der Waals surface area contributed by atoms with E-state index in [-0.39, 0.29) is 0 Å². The molecule has 2 aromatic rings. The molecule has 0 aliphatic rings. The molecule has 0 aliphatic heterocycles. The van der Waals surface area contributed by atoms with Crippen LogP contribution in [0.1, 0.15) is 30.5 Å². The van der Waals surface area contributed by atoms with E-state index in [2.05, 4.69) is 22.4 Å². The minimum atomic E-state index is 0.454. The summed E-state index contributed by atoms with van der Waals surface area (Å²) in [6.45, 7) is 4.34. The van der Waals surface area contributed by atoms with Gasteiger partial charge in [-0.15, -0.1) is 0 Å². The Kier molecular flexibility index (Phi) is 6.36. The van der Waals surface area contributed by atoms with Gasteiger partial charge in [0.15, 0.2) is 0 Å². The normalized spacial score (nSPS) is 12.1. The molecule has 0 bridgehead atoms. The Morgan fingerprint density at radius 2 is 1.52 bits per heavy atom. The second-order valence-electron chi connectivity index (χ2n) is 5.32. The van der Waals surface area contributed by atoms with Crippen LogP contribution < -0.4 is 0 Å². The fourth-order valence-electron chi connectivity index (χ4n) is 2.17. The Balaban J connectivity index is 1.88. The molecule has 0 saturated carbocycles. The SMILES string of the molecule is CO/N=C(/C)Cc1ccc(CO/N=C(/C)c2ccccc2)cc1. The number of nitrogens with zero attached hydrogens (tertiary/aromatic N) is 2. The number of hydrogen-bond donors (Lipinski definition) is 0. The van der Waals surface area contributed by atoms with Gasteiger partial charge < -0.3 is 9.68 Å². The number of rotatable bonds is 7. The van der Waals surface area contributed by atoms with Crippen LogP contribution >= 0.6 is 0 Å². The van der Waals surface area contributed by atoms with Gasteiger partial charge in [0.05, 0.1) is 11.4 Å². The number of hydrogen-bond acceptors (Lipinski definition) is 4. The van der Waals surface area contributed by atoms with Gasteiger partial charge in [-0.1, -0.05) is 64.9 Å². The summed E-state index contributed by atoms with van der Waals surface area (Å²) in [7, 11) is 1.56. The molecule has 0 atom stereocenters. The van der Waals surface area contributed by atoms with Crippen molar-refractivity contribution in [3.8, 4) is 0 Å². The Morgan fingerprint density at radius 3 is 2.17 bits per heavy atom. The highest BCUT2D eigenvalue weighted by Crippen LogP contribution is 2.08. The van der Waals surface area contributed by atoms with E-state index < -0.39 is 0 Å². The van der Waals surface area contributed by atoms with Crippen molar-refractivity contribution in [1.29, 1.82) is 0 Å². The molecule has 0 aromatic heterocycles. The van der Waals surface area contributed by atoms with Gasteiger partial charge in [0.2, 0.25) is 0 Å². The highest BCUT2D eigenvalue weighted by atomic mass is 16.6. The van der Waals surface area contributed by atoms with Gasteiger partial charge >= 0.3 is 0 Å². The number of oxime groups is 2. The van der Waals surface area contributed by atoms with Crippen molar-refractivity contribution in [2.24, 2.45) is 10.3 Å². The predicted octanol–water partition coefficient (Wildman–Crippen LogP) is 4.19. The van der Waals surface area contributed by atoms with E-state index in [0.29, 0.717) is 6.61 Å². The molecule has 23 heavy (non-hydrogen) atoms. The Bertz CT molecular complexity index is 662. The first-order chi connectivity index (χ1) is 11.2. The third-order valence-electron chi connectivity index (χ3n) is 3.35. The summed E-state index contributed by atoms with van der Waals surface area (Å²) in [6.07, 6.45) is 0.778. The molecule has 4 nitrogen and oxygen atoms in total. The maximum atomic E-state index is 5.44. The quantitative estimate of drug-likeness (QED) is 0.568. The smallest absolute Gasteiger partial charge is 0.142 e. The predicted molar refractivity (Wildman–Crippen MR) is 93.7 cm³/mol.